The maximum Gasteiger partial charge on any atom is 0.418 e. The zero-order valence-electron chi connectivity index (χ0n) is 16.2. The number of alkyl halides is 3. The molecular formula is C17H26F3N3O2Si. The number of hydrogen-bond acceptors (Lipinski definition) is 4. The number of methoxy groups -OCH3 is 1. The zero-order valence-corrected chi connectivity index (χ0v) is 17.2. The van der Waals surface area contributed by atoms with E-state index in [4.69, 9.17) is 14.9 Å². The van der Waals surface area contributed by atoms with Gasteiger partial charge in [0, 0.05) is 19.7 Å². The molecule has 0 bridgehead atoms. The number of nitrogens with two attached hydrogens (primary N) is 1. The van der Waals surface area contributed by atoms with E-state index in [0.717, 1.165) is 7.11 Å². The summed E-state index contributed by atoms with van der Waals surface area (Å²) in [6.45, 7) is 9.99. The zero-order chi connectivity index (χ0) is 20.1. The molecule has 1 aromatic heterocycles. The van der Waals surface area contributed by atoms with Gasteiger partial charge >= 0.3 is 6.18 Å². The van der Waals surface area contributed by atoms with Crippen molar-refractivity contribution in [2.45, 2.75) is 51.2 Å². The van der Waals surface area contributed by atoms with Gasteiger partial charge in [-0.05, 0) is 24.2 Å². The maximum atomic E-state index is 13.5. The van der Waals surface area contributed by atoms with Gasteiger partial charge in [0.1, 0.15) is 5.75 Å². The second-order valence-electron chi connectivity index (χ2n) is 7.91. The summed E-state index contributed by atoms with van der Waals surface area (Å²) in [6, 6.07) is 2.94. The first-order valence-corrected chi connectivity index (χ1v) is 11.1. The lowest BCUT2D eigenvalue weighted by Gasteiger charge is -2.37. The highest BCUT2D eigenvalue weighted by Crippen LogP contribution is 2.47. The molecule has 0 aliphatic carbocycles. The number of rotatable bonds is 4. The standard InChI is InChI=1S/C17H26F3N3O2Si/c1-16(2,3)26(6,7)25-13-10(14(24-5)17(18,19)20)8-9-11-12(13)15(21)22-23(11)4/h8-9,14H,1-7H3,(H2,21,22). The first-order chi connectivity index (χ1) is 11.7. The molecule has 1 heterocycles. The number of ether oxygens (including phenoxy) is 1. The van der Waals surface area contributed by atoms with Crippen LogP contribution in [-0.2, 0) is 11.8 Å². The Morgan fingerprint density at radius 3 is 2.23 bits per heavy atom. The van der Waals surface area contributed by atoms with Gasteiger partial charge in [-0.3, -0.25) is 4.68 Å². The molecule has 0 saturated carbocycles. The number of aryl methyl sites for hydroxylation is 1. The van der Waals surface area contributed by atoms with E-state index in [1.807, 2.05) is 33.9 Å². The molecule has 1 aromatic carbocycles. The van der Waals surface area contributed by atoms with Gasteiger partial charge in [0.25, 0.3) is 8.32 Å². The van der Waals surface area contributed by atoms with Gasteiger partial charge in [0.05, 0.1) is 10.9 Å². The van der Waals surface area contributed by atoms with Gasteiger partial charge in [-0.15, -0.1) is 0 Å². The highest BCUT2D eigenvalue weighted by molar-refractivity contribution is 6.74. The van der Waals surface area contributed by atoms with E-state index in [-0.39, 0.29) is 22.2 Å². The van der Waals surface area contributed by atoms with Crippen LogP contribution in [-0.4, -0.2) is 31.4 Å². The monoisotopic (exact) mass is 389 g/mol. The fourth-order valence-corrected chi connectivity index (χ4v) is 3.57. The lowest BCUT2D eigenvalue weighted by atomic mass is 10.0. The summed E-state index contributed by atoms with van der Waals surface area (Å²) in [7, 11) is 0.278. The number of fused-ring (bicyclic) bond motifs is 1. The topological polar surface area (TPSA) is 62.3 Å². The number of halogens is 3. The van der Waals surface area contributed by atoms with Crippen LogP contribution >= 0.6 is 0 Å². The van der Waals surface area contributed by atoms with Gasteiger partial charge in [-0.25, -0.2) is 0 Å². The van der Waals surface area contributed by atoms with Crippen LogP contribution in [0.2, 0.25) is 18.1 Å². The van der Waals surface area contributed by atoms with Gasteiger partial charge in [-0.1, -0.05) is 26.8 Å². The highest BCUT2D eigenvalue weighted by Gasteiger charge is 2.45. The Hall–Kier alpha value is -1.74. The Balaban J connectivity index is 2.80. The third-order valence-electron chi connectivity index (χ3n) is 5.01. The van der Waals surface area contributed by atoms with Crippen LogP contribution in [0.25, 0.3) is 10.9 Å². The Bertz CT molecular complexity index is 810. The van der Waals surface area contributed by atoms with Crippen molar-refractivity contribution in [1.82, 2.24) is 9.78 Å². The predicted octanol–water partition coefficient (Wildman–Crippen LogP) is 4.79. The van der Waals surface area contributed by atoms with E-state index >= 15 is 0 Å². The summed E-state index contributed by atoms with van der Waals surface area (Å²) in [6.07, 6.45) is -6.68. The van der Waals surface area contributed by atoms with Gasteiger partial charge in [0.15, 0.2) is 11.9 Å². The third-order valence-corrected chi connectivity index (χ3v) is 9.33. The Morgan fingerprint density at radius 2 is 1.77 bits per heavy atom. The van der Waals surface area contributed by atoms with Crippen LogP contribution in [0.5, 0.6) is 5.75 Å². The normalized spacial score (nSPS) is 14.7. The highest BCUT2D eigenvalue weighted by atomic mass is 28.4. The molecule has 0 radical (unpaired) electrons. The molecule has 2 rings (SSSR count). The number of aromatic nitrogens is 2. The first kappa shape index (κ1) is 20.6. The first-order valence-electron chi connectivity index (χ1n) is 8.24. The van der Waals surface area contributed by atoms with E-state index in [1.54, 1.807) is 13.1 Å². The van der Waals surface area contributed by atoms with Gasteiger partial charge < -0.3 is 14.9 Å². The summed E-state index contributed by atoms with van der Waals surface area (Å²) in [4.78, 5) is 0. The number of benzene rings is 1. The third kappa shape index (κ3) is 3.55. The summed E-state index contributed by atoms with van der Waals surface area (Å²) in [5, 5.41) is 4.33. The minimum Gasteiger partial charge on any atom is -0.543 e. The van der Waals surface area contributed by atoms with Crippen LogP contribution in [0.3, 0.4) is 0 Å². The van der Waals surface area contributed by atoms with E-state index in [2.05, 4.69) is 5.10 Å². The summed E-state index contributed by atoms with van der Waals surface area (Å²) in [5.74, 6) is 0.249. The number of hydrogen-bond donors (Lipinski definition) is 1. The van der Waals surface area contributed by atoms with E-state index < -0.39 is 20.6 Å². The second kappa shape index (κ2) is 6.45. The van der Waals surface area contributed by atoms with Crippen molar-refractivity contribution in [3.05, 3.63) is 17.7 Å². The molecule has 0 amide bonds. The quantitative estimate of drug-likeness (QED) is 0.764. The minimum atomic E-state index is -4.58. The van der Waals surface area contributed by atoms with Crippen molar-refractivity contribution in [2.75, 3.05) is 12.8 Å². The van der Waals surface area contributed by atoms with E-state index in [1.165, 1.54) is 10.7 Å². The molecule has 2 N–H and O–H groups in total. The Morgan fingerprint density at radius 1 is 1.19 bits per heavy atom. The molecule has 2 aromatic rings. The molecule has 0 fully saturated rings. The molecule has 5 nitrogen and oxygen atoms in total. The SMILES string of the molecule is COC(c1ccc2c(c(N)nn2C)c1O[Si](C)(C)C(C)(C)C)C(F)(F)F. The average molecular weight is 389 g/mol. The van der Waals surface area contributed by atoms with Crippen molar-refractivity contribution in [1.29, 1.82) is 0 Å². The van der Waals surface area contributed by atoms with Gasteiger partial charge in [-0.2, -0.15) is 18.3 Å². The summed E-state index contributed by atoms with van der Waals surface area (Å²) < 4.78 is 53.2. The Kier molecular flexibility index (Phi) is 5.10. The van der Waals surface area contributed by atoms with Gasteiger partial charge in [0.2, 0.25) is 0 Å². The number of nitrogen functional groups attached to an aromatic ring is 1. The molecule has 0 aliphatic rings. The molecule has 1 atom stereocenters. The molecule has 9 heteroatoms. The van der Waals surface area contributed by atoms with Crippen LogP contribution in [0.1, 0.15) is 32.4 Å². The second-order valence-corrected chi connectivity index (χ2v) is 12.6. The van der Waals surface area contributed by atoms with Crippen molar-refractivity contribution < 1.29 is 22.3 Å². The maximum absolute atomic E-state index is 13.5. The van der Waals surface area contributed by atoms with Crippen LogP contribution in [0, 0.1) is 0 Å². The predicted molar refractivity (Wildman–Crippen MR) is 98.8 cm³/mol. The minimum absolute atomic E-state index is 0.0861. The van der Waals surface area contributed by atoms with Crippen LogP contribution < -0.4 is 10.2 Å². The number of nitrogens with zero attached hydrogens (tertiary/aromatic N) is 2. The van der Waals surface area contributed by atoms with Crippen molar-refractivity contribution >= 4 is 25.0 Å². The molecule has 26 heavy (non-hydrogen) atoms. The fraction of sp³-hybridized carbons (Fsp3) is 0.588. The number of anilines is 1. The molecule has 146 valence electrons. The smallest absolute Gasteiger partial charge is 0.418 e. The largest absolute Gasteiger partial charge is 0.543 e. The fourth-order valence-electron chi connectivity index (χ4n) is 2.53. The lowest BCUT2D eigenvalue weighted by molar-refractivity contribution is -0.216. The Labute approximate surface area is 152 Å². The van der Waals surface area contributed by atoms with E-state index in [9.17, 15) is 13.2 Å². The van der Waals surface area contributed by atoms with Crippen LogP contribution in [0.4, 0.5) is 19.0 Å². The molecular weight excluding hydrogens is 363 g/mol. The van der Waals surface area contributed by atoms with Crippen molar-refractivity contribution in [3.8, 4) is 5.75 Å². The molecule has 0 aliphatic heterocycles. The molecule has 0 saturated heterocycles. The van der Waals surface area contributed by atoms with Crippen molar-refractivity contribution in [2.24, 2.45) is 7.05 Å². The van der Waals surface area contributed by atoms with Crippen LogP contribution in [0.15, 0.2) is 12.1 Å². The lowest BCUT2D eigenvalue weighted by Crippen LogP contribution is -2.44. The molecule has 0 spiro atoms. The summed E-state index contributed by atoms with van der Waals surface area (Å²) >= 11 is 0. The molecule has 1 unspecified atom stereocenters. The summed E-state index contributed by atoms with van der Waals surface area (Å²) in [5.41, 5.74) is 6.53. The average Bonchev–Trinajstić information content (AvgIpc) is 2.74. The van der Waals surface area contributed by atoms with Crippen molar-refractivity contribution in [3.63, 3.8) is 0 Å². The van der Waals surface area contributed by atoms with E-state index in [0.29, 0.717) is 10.9 Å².